The maximum atomic E-state index is 6.05. The van der Waals surface area contributed by atoms with E-state index in [0.29, 0.717) is 6.61 Å². The Hall–Kier alpha value is -0.0613. The molecular weight excluding hydrogens is 427 g/mol. The van der Waals surface area contributed by atoms with Gasteiger partial charge in [-0.3, -0.25) is 0 Å². The second-order valence-electron chi connectivity index (χ2n) is 8.53. The molecule has 1 fully saturated rings. The fourth-order valence-corrected chi connectivity index (χ4v) is 20.2. The van der Waals surface area contributed by atoms with Crippen molar-refractivity contribution in [2.75, 3.05) is 6.61 Å². The van der Waals surface area contributed by atoms with Gasteiger partial charge in [0.15, 0.2) is 0 Å². The number of benzene rings is 1. The van der Waals surface area contributed by atoms with E-state index in [2.05, 4.69) is 45.0 Å². The summed E-state index contributed by atoms with van der Waals surface area (Å²) in [5, 5.41) is 0. The minimum absolute atomic E-state index is 0.0885. The molecule has 2 nitrogen and oxygen atoms in total. The van der Waals surface area contributed by atoms with Gasteiger partial charge in [-0.15, -0.1) is 0 Å². The number of hydrogen-bond donors (Lipinski definition) is 0. The van der Waals surface area contributed by atoms with Crippen LogP contribution in [-0.2, 0) is 9.47 Å². The molecule has 1 aliphatic heterocycles. The zero-order chi connectivity index (χ0) is 19.0. The number of ether oxygens (including phenoxy) is 2. The molecule has 2 rings (SSSR count). The first-order valence-electron chi connectivity index (χ1n) is 10.9. The van der Waals surface area contributed by atoms with E-state index in [-0.39, 0.29) is 6.10 Å². The van der Waals surface area contributed by atoms with Crippen LogP contribution in [0, 0.1) is 0 Å². The summed E-state index contributed by atoms with van der Waals surface area (Å²) in [7, 11) is 0. The van der Waals surface area contributed by atoms with Crippen molar-refractivity contribution in [1.82, 2.24) is 0 Å². The van der Waals surface area contributed by atoms with Crippen molar-refractivity contribution in [2.45, 2.75) is 98.3 Å². The predicted octanol–water partition coefficient (Wildman–Crippen LogP) is 6.57. The molecule has 0 amide bonds. The molecule has 1 saturated heterocycles. The molecule has 1 unspecified atom stereocenters. The fourth-order valence-electron chi connectivity index (χ4n) is 4.26. The molecule has 0 saturated carbocycles. The fraction of sp³-hybridized carbons (Fsp3) is 0.739. The van der Waals surface area contributed by atoms with E-state index in [4.69, 9.17) is 9.47 Å². The molecule has 26 heavy (non-hydrogen) atoms. The Morgan fingerprint density at radius 3 is 1.77 bits per heavy atom. The predicted molar refractivity (Wildman–Crippen MR) is 115 cm³/mol. The van der Waals surface area contributed by atoms with E-state index in [1.165, 1.54) is 57.4 Å². The maximum absolute atomic E-state index is 6.05. The average Bonchev–Trinajstić information content (AvgIpc) is 3.01. The van der Waals surface area contributed by atoms with Gasteiger partial charge in [-0.25, -0.2) is 0 Å². The third kappa shape index (κ3) is 5.97. The normalized spacial score (nSPS) is 19.8. The molecule has 1 atom stereocenters. The standard InChI is InChI=1S/C11H13O2.3C4H9.Sn/c1-11(2)12-8-10(13-11)9-6-4-3-5-7-9;3*1-3-4-2;/h4-7,10H,8H2,1-2H3;3*1,3-4H2,2H3;. The third-order valence-corrected chi connectivity index (χ3v) is 21.6. The average molecular weight is 467 g/mol. The molecule has 0 aliphatic carbocycles. The van der Waals surface area contributed by atoms with Crippen molar-refractivity contribution in [3.05, 3.63) is 29.8 Å². The van der Waals surface area contributed by atoms with Crippen LogP contribution in [0.4, 0.5) is 0 Å². The first kappa shape index (κ1) is 22.2. The molecule has 1 aliphatic rings. The Balaban J connectivity index is 2.22. The van der Waals surface area contributed by atoms with Crippen molar-refractivity contribution in [1.29, 1.82) is 0 Å². The van der Waals surface area contributed by atoms with E-state index < -0.39 is 24.2 Å². The molecule has 0 bridgehead atoms. The van der Waals surface area contributed by atoms with Crippen molar-refractivity contribution in [3.8, 4) is 0 Å². The van der Waals surface area contributed by atoms with Gasteiger partial charge in [0.05, 0.1) is 0 Å². The van der Waals surface area contributed by atoms with Crippen LogP contribution in [0.15, 0.2) is 24.3 Å². The van der Waals surface area contributed by atoms with E-state index in [1.54, 1.807) is 3.58 Å². The molecule has 1 aromatic rings. The summed E-state index contributed by atoms with van der Waals surface area (Å²) >= 11 is -2.29. The first-order valence-corrected chi connectivity index (χ1v) is 18.4. The first-order chi connectivity index (χ1) is 12.5. The van der Waals surface area contributed by atoms with Crippen molar-refractivity contribution < 1.29 is 9.47 Å². The van der Waals surface area contributed by atoms with E-state index in [9.17, 15) is 0 Å². The molecule has 0 spiro atoms. The number of unbranched alkanes of at least 4 members (excludes halogenated alkanes) is 3. The van der Waals surface area contributed by atoms with Gasteiger partial charge in [-0.1, -0.05) is 0 Å². The minimum atomic E-state index is -2.29. The zero-order valence-electron chi connectivity index (χ0n) is 17.8. The monoisotopic (exact) mass is 468 g/mol. The molecule has 0 aromatic heterocycles. The molecule has 0 N–H and O–H groups in total. The Bertz CT molecular complexity index is 502. The second kappa shape index (κ2) is 10.5. The summed E-state index contributed by atoms with van der Waals surface area (Å²) in [6.45, 7) is 11.7. The van der Waals surface area contributed by atoms with Gasteiger partial charge in [-0.2, -0.15) is 0 Å². The summed E-state index contributed by atoms with van der Waals surface area (Å²) < 4.78 is 18.1. The van der Waals surface area contributed by atoms with Gasteiger partial charge in [0, 0.05) is 0 Å². The van der Waals surface area contributed by atoms with Crippen molar-refractivity contribution in [3.63, 3.8) is 0 Å². The SMILES string of the molecule is CCC[CH2][Sn]([CH2]CCC)([CH2]CCC)[c]1ccc(C2COC(C)(C)O2)cc1. The van der Waals surface area contributed by atoms with Gasteiger partial charge in [-0.05, 0) is 0 Å². The number of rotatable bonds is 11. The van der Waals surface area contributed by atoms with Crippen LogP contribution >= 0.6 is 0 Å². The topological polar surface area (TPSA) is 18.5 Å². The van der Waals surface area contributed by atoms with Gasteiger partial charge < -0.3 is 0 Å². The Kier molecular flexibility index (Phi) is 8.96. The van der Waals surface area contributed by atoms with Crippen LogP contribution < -0.4 is 3.58 Å². The van der Waals surface area contributed by atoms with Crippen molar-refractivity contribution in [2.24, 2.45) is 0 Å². The van der Waals surface area contributed by atoms with E-state index in [0.717, 1.165) is 0 Å². The van der Waals surface area contributed by atoms with E-state index in [1.807, 2.05) is 13.8 Å². The third-order valence-electron chi connectivity index (χ3n) is 5.93. The van der Waals surface area contributed by atoms with Crippen LogP contribution in [0.25, 0.3) is 0 Å². The Morgan fingerprint density at radius 1 is 0.885 bits per heavy atom. The summed E-state index contributed by atoms with van der Waals surface area (Å²) in [5.41, 5.74) is 1.28. The molecule has 0 radical (unpaired) electrons. The zero-order valence-corrected chi connectivity index (χ0v) is 20.6. The molecular formula is C23H40O2Sn. The quantitative estimate of drug-likeness (QED) is 0.343. The molecule has 3 heteroatoms. The summed E-state index contributed by atoms with van der Waals surface area (Å²) in [6, 6.07) is 9.61. The Labute approximate surface area is 165 Å². The molecule has 1 aromatic carbocycles. The van der Waals surface area contributed by atoms with Gasteiger partial charge in [0.2, 0.25) is 0 Å². The molecule has 148 valence electrons. The Morgan fingerprint density at radius 2 is 1.38 bits per heavy atom. The second-order valence-corrected chi connectivity index (χ2v) is 21.8. The van der Waals surface area contributed by atoms with Crippen LogP contribution in [0.5, 0.6) is 0 Å². The van der Waals surface area contributed by atoms with Crippen LogP contribution in [-0.4, -0.2) is 30.8 Å². The van der Waals surface area contributed by atoms with Crippen molar-refractivity contribution >= 4 is 22.0 Å². The summed E-state index contributed by atoms with van der Waals surface area (Å²) in [4.78, 5) is 0. The van der Waals surface area contributed by atoms with Gasteiger partial charge >= 0.3 is 166 Å². The summed E-state index contributed by atoms with van der Waals surface area (Å²) in [6.07, 6.45) is 8.33. The van der Waals surface area contributed by atoms with Gasteiger partial charge in [0.25, 0.3) is 0 Å². The molecule has 1 heterocycles. The summed E-state index contributed by atoms with van der Waals surface area (Å²) in [5.74, 6) is -0.449. The number of hydrogen-bond acceptors (Lipinski definition) is 2. The van der Waals surface area contributed by atoms with Crippen LogP contribution in [0.2, 0.25) is 13.3 Å². The van der Waals surface area contributed by atoms with Crippen LogP contribution in [0.3, 0.4) is 0 Å². The van der Waals surface area contributed by atoms with E-state index >= 15 is 0 Å². The van der Waals surface area contributed by atoms with Crippen LogP contribution in [0.1, 0.15) is 84.8 Å². The van der Waals surface area contributed by atoms with Gasteiger partial charge in [0.1, 0.15) is 0 Å².